The number of hydrogen-bond acceptors (Lipinski definition) is 3. The van der Waals surface area contributed by atoms with Gasteiger partial charge in [0.2, 0.25) is 0 Å². The zero-order chi connectivity index (χ0) is 8.72. The molecule has 0 aliphatic heterocycles. The summed E-state index contributed by atoms with van der Waals surface area (Å²) in [6.07, 6.45) is 1.34. The van der Waals surface area contributed by atoms with Gasteiger partial charge in [0.25, 0.3) is 5.95 Å². The van der Waals surface area contributed by atoms with Gasteiger partial charge < -0.3 is 0 Å². The molecule has 0 aromatic carbocycles. The molecule has 0 spiro atoms. The molecule has 12 heavy (non-hydrogen) atoms. The molecule has 2 aromatic heterocycles. The third kappa shape index (κ3) is 0.792. The summed E-state index contributed by atoms with van der Waals surface area (Å²) in [6.45, 7) is 1.80. The molecule has 0 atom stereocenters. The van der Waals surface area contributed by atoms with Crippen molar-refractivity contribution in [3.63, 3.8) is 0 Å². The first-order chi connectivity index (χ1) is 5.70. The Kier molecular flexibility index (Phi) is 1.33. The van der Waals surface area contributed by atoms with E-state index >= 15 is 0 Å². The first-order valence-corrected chi connectivity index (χ1v) is 3.50. The predicted octanol–water partition coefficient (Wildman–Crippen LogP) is 0.811. The molecule has 0 N–H and O–H groups in total. The molecule has 4 nitrogen and oxygen atoms in total. The normalized spacial score (nSPS) is 10.9. The Bertz CT molecular complexity index is 434. The standard InChI is InChI=1S/C7H7FN4/c1-4-6-5(10-3-9-4)7(8)11-12(6)2/h3H,1-2H3. The lowest BCUT2D eigenvalue weighted by Gasteiger charge is -1.94. The highest BCUT2D eigenvalue weighted by atomic mass is 19.1. The van der Waals surface area contributed by atoms with Gasteiger partial charge in [0, 0.05) is 7.05 Å². The van der Waals surface area contributed by atoms with Crippen molar-refractivity contribution in [1.29, 1.82) is 0 Å². The van der Waals surface area contributed by atoms with E-state index in [9.17, 15) is 4.39 Å². The summed E-state index contributed by atoms with van der Waals surface area (Å²) < 4.78 is 14.4. The molecule has 0 aliphatic rings. The zero-order valence-electron chi connectivity index (χ0n) is 6.74. The Morgan fingerprint density at radius 1 is 1.42 bits per heavy atom. The number of aryl methyl sites for hydroxylation is 2. The summed E-state index contributed by atoms with van der Waals surface area (Å²) in [7, 11) is 1.67. The highest BCUT2D eigenvalue weighted by molar-refractivity contribution is 5.76. The molecule has 2 rings (SSSR count). The summed E-state index contributed by atoms with van der Waals surface area (Å²) in [6, 6.07) is 0. The van der Waals surface area contributed by atoms with Crippen molar-refractivity contribution in [2.45, 2.75) is 6.92 Å². The molecule has 0 fully saturated rings. The Hall–Kier alpha value is -1.52. The van der Waals surface area contributed by atoms with E-state index in [1.54, 1.807) is 14.0 Å². The Balaban J connectivity index is 2.99. The van der Waals surface area contributed by atoms with Crippen molar-refractivity contribution in [3.8, 4) is 0 Å². The first-order valence-electron chi connectivity index (χ1n) is 3.50. The van der Waals surface area contributed by atoms with E-state index in [0.29, 0.717) is 5.52 Å². The fraction of sp³-hybridized carbons (Fsp3) is 0.286. The molecule has 0 aliphatic carbocycles. The quantitative estimate of drug-likeness (QED) is 0.581. The van der Waals surface area contributed by atoms with Crippen molar-refractivity contribution < 1.29 is 4.39 Å². The van der Waals surface area contributed by atoms with Crippen LogP contribution in [0.1, 0.15) is 5.69 Å². The highest BCUT2D eigenvalue weighted by Gasteiger charge is 2.10. The second-order valence-corrected chi connectivity index (χ2v) is 2.57. The molecule has 0 saturated carbocycles. The number of fused-ring (bicyclic) bond motifs is 1. The molecular formula is C7H7FN4. The molecular weight excluding hydrogens is 159 g/mol. The van der Waals surface area contributed by atoms with E-state index in [0.717, 1.165) is 5.69 Å². The van der Waals surface area contributed by atoms with Crippen LogP contribution in [0.15, 0.2) is 6.33 Å². The number of hydrogen-bond donors (Lipinski definition) is 0. The molecule has 0 unspecified atom stereocenters. The maximum absolute atomic E-state index is 13.0. The molecule has 0 saturated heterocycles. The van der Waals surface area contributed by atoms with Crippen molar-refractivity contribution in [2.75, 3.05) is 0 Å². The molecule has 2 aromatic rings. The van der Waals surface area contributed by atoms with E-state index in [1.165, 1.54) is 11.0 Å². The van der Waals surface area contributed by atoms with Crippen LogP contribution in [0.3, 0.4) is 0 Å². The minimum atomic E-state index is -0.544. The minimum Gasteiger partial charge on any atom is -0.261 e. The van der Waals surface area contributed by atoms with Crippen LogP contribution in [0.5, 0.6) is 0 Å². The Morgan fingerprint density at radius 3 is 2.83 bits per heavy atom. The minimum absolute atomic E-state index is 0.282. The second-order valence-electron chi connectivity index (χ2n) is 2.57. The summed E-state index contributed by atoms with van der Waals surface area (Å²) in [4.78, 5) is 7.74. The molecule has 2 heterocycles. The van der Waals surface area contributed by atoms with Gasteiger partial charge in [-0.05, 0) is 6.92 Å². The van der Waals surface area contributed by atoms with Crippen molar-refractivity contribution in [3.05, 3.63) is 18.0 Å². The van der Waals surface area contributed by atoms with Gasteiger partial charge in [-0.15, -0.1) is 5.10 Å². The van der Waals surface area contributed by atoms with Crippen LogP contribution in [-0.2, 0) is 7.05 Å². The number of nitrogens with zero attached hydrogens (tertiary/aromatic N) is 4. The topological polar surface area (TPSA) is 43.6 Å². The van der Waals surface area contributed by atoms with Crippen molar-refractivity contribution >= 4 is 11.0 Å². The highest BCUT2D eigenvalue weighted by Crippen LogP contribution is 2.14. The number of aromatic nitrogens is 4. The van der Waals surface area contributed by atoms with E-state index in [1.807, 2.05) is 0 Å². The Morgan fingerprint density at radius 2 is 2.17 bits per heavy atom. The third-order valence-electron chi connectivity index (χ3n) is 1.76. The molecule has 62 valence electrons. The van der Waals surface area contributed by atoms with Gasteiger partial charge in [0.15, 0.2) is 0 Å². The maximum atomic E-state index is 13.0. The molecule has 0 amide bonds. The van der Waals surface area contributed by atoms with Gasteiger partial charge in [0.1, 0.15) is 17.4 Å². The molecule has 5 heteroatoms. The van der Waals surface area contributed by atoms with E-state index < -0.39 is 5.95 Å². The summed E-state index contributed by atoms with van der Waals surface area (Å²) in [5.41, 5.74) is 1.67. The average Bonchev–Trinajstić information content (AvgIpc) is 2.29. The lowest BCUT2D eigenvalue weighted by Crippen LogP contribution is -1.93. The summed E-state index contributed by atoms with van der Waals surface area (Å²) in [5, 5.41) is 3.60. The van der Waals surface area contributed by atoms with Crippen LogP contribution in [0.2, 0.25) is 0 Å². The van der Waals surface area contributed by atoms with Crippen LogP contribution >= 0.6 is 0 Å². The maximum Gasteiger partial charge on any atom is 0.258 e. The predicted molar refractivity (Wildman–Crippen MR) is 41.0 cm³/mol. The molecule has 0 bridgehead atoms. The van der Waals surface area contributed by atoms with Gasteiger partial charge >= 0.3 is 0 Å². The van der Waals surface area contributed by atoms with E-state index in [-0.39, 0.29) is 5.52 Å². The monoisotopic (exact) mass is 166 g/mol. The van der Waals surface area contributed by atoms with E-state index in [2.05, 4.69) is 15.1 Å². The van der Waals surface area contributed by atoms with Gasteiger partial charge in [-0.3, -0.25) is 4.68 Å². The van der Waals surface area contributed by atoms with E-state index in [4.69, 9.17) is 0 Å². The fourth-order valence-corrected chi connectivity index (χ4v) is 1.23. The average molecular weight is 166 g/mol. The zero-order valence-corrected chi connectivity index (χ0v) is 6.74. The van der Waals surface area contributed by atoms with Crippen molar-refractivity contribution in [1.82, 2.24) is 19.7 Å². The molecule has 0 radical (unpaired) electrons. The van der Waals surface area contributed by atoms with Crippen LogP contribution < -0.4 is 0 Å². The summed E-state index contributed by atoms with van der Waals surface area (Å²) in [5.74, 6) is -0.544. The Labute approximate surface area is 68.1 Å². The lowest BCUT2D eigenvalue weighted by molar-refractivity contribution is 0.560. The van der Waals surface area contributed by atoms with Gasteiger partial charge in [-0.2, -0.15) is 4.39 Å². The number of rotatable bonds is 0. The lowest BCUT2D eigenvalue weighted by atomic mass is 10.3. The van der Waals surface area contributed by atoms with Crippen LogP contribution in [0.25, 0.3) is 11.0 Å². The van der Waals surface area contributed by atoms with Crippen LogP contribution in [0, 0.1) is 12.9 Å². The van der Waals surface area contributed by atoms with Crippen LogP contribution in [0.4, 0.5) is 4.39 Å². The fourth-order valence-electron chi connectivity index (χ4n) is 1.23. The van der Waals surface area contributed by atoms with Crippen molar-refractivity contribution in [2.24, 2.45) is 7.05 Å². The smallest absolute Gasteiger partial charge is 0.258 e. The van der Waals surface area contributed by atoms with Gasteiger partial charge in [0.05, 0.1) is 5.69 Å². The number of halogens is 1. The SMILES string of the molecule is Cc1ncnc2c(F)nn(C)c12. The van der Waals surface area contributed by atoms with Gasteiger partial charge in [-0.25, -0.2) is 9.97 Å². The second kappa shape index (κ2) is 2.23. The first kappa shape index (κ1) is 7.15. The third-order valence-corrected chi connectivity index (χ3v) is 1.76. The summed E-state index contributed by atoms with van der Waals surface area (Å²) >= 11 is 0. The largest absolute Gasteiger partial charge is 0.261 e. The van der Waals surface area contributed by atoms with Crippen LogP contribution in [-0.4, -0.2) is 19.7 Å². The van der Waals surface area contributed by atoms with Gasteiger partial charge in [-0.1, -0.05) is 0 Å².